The molecule has 0 atom stereocenters. The molecule has 1 aromatic rings. The van der Waals surface area contributed by atoms with Crippen LogP contribution < -0.4 is 10.6 Å². The van der Waals surface area contributed by atoms with E-state index in [0.29, 0.717) is 11.3 Å². The van der Waals surface area contributed by atoms with Gasteiger partial charge in [-0.3, -0.25) is 9.59 Å². The van der Waals surface area contributed by atoms with E-state index in [0.717, 1.165) is 9.37 Å². The Hall–Kier alpha value is -1.27. The molecule has 2 amide bonds. The second kappa shape index (κ2) is 4.54. The van der Waals surface area contributed by atoms with Crippen LogP contribution in [0.2, 0.25) is 0 Å². The summed E-state index contributed by atoms with van der Waals surface area (Å²) >= 11 is 8.23. The molecule has 0 unspecified atom stereocenters. The predicted octanol–water partition coefficient (Wildman–Crippen LogP) is 1.74. The molecule has 0 saturated carbocycles. The van der Waals surface area contributed by atoms with E-state index in [4.69, 9.17) is 18.0 Å². The van der Waals surface area contributed by atoms with Gasteiger partial charge < -0.3 is 5.73 Å². The zero-order valence-corrected chi connectivity index (χ0v) is 11.2. The minimum absolute atomic E-state index is 0.161. The lowest BCUT2D eigenvalue weighted by molar-refractivity contribution is -0.121. The van der Waals surface area contributed by atoms with E-state index < -0.39 is 0 Å². The van der Waals surface area contributed by atoms with Crippen molar-refractivity contribution in [1.29, 1.82) is 0 Å². The minimum Gasteiger partial charge on any atom is -0.389 e. The monoisotopic (exact) mass is 312 g/mol. The number of amides is 2. The Kier molecular flexibility index (Phi) is 3.26. The highest BCUT2D eigenvalue weighted by molar-refractivity contribution is 9.10. The number of carbonyl (C=O) groups is 2. The van der Waals surface area contributed by atoms with Crippen LogP contribution in [-0.2, 0) is 9.59 Å². The summed E-state index contributed by atoms with van der Waals surface area (Å²) in [6, 6.07) is 5.12. The Bertz CT molecular complexity index is 514. The number of anilines is 1. The molecule has 0 aliphatic carbocycles. The number of nitrogens with zero attached hydrogens (tertiary/aromatic N) is 1. The van der Waals surface area contributed by atoms with Gasteiger partial charge in [0.15, 0.2) is 0 Å². The molecular formula is C11H9BrN2O2S. The quantitative estimate of drug-likeness (QED) is 0.667. The number of hydrogen-bond acceptors (Lipinski definition) is 3. The molecule has 0 aromatic heterocycles. The lowest BCUT2D eigenvalue weighted by Crippen LogP contribution is -2.30. The second-order valence-corrected chi connectivity index (χ2v) is 5.00. The van der Waals surface area contributed by atoms with Crippen LogP contribution in [0.25, 0.3) is 0 Å². The molecule has 4 nitrogen and oxygen atoms in total. The van der Waals surface area contributed by atoms with E-state index in [-0.39, 0.29) is 29.6 Å². The van der Waals surface area contributed by atoms with Crippen molar-refractivity contribution in [2.24, 2.45) is 5.73 Å². The maximum Gasteiger partial charge on any atom is 0.234 e. The van der Waals surface area contributed by atoms with Crippen molar-refractivity contribution in [3.63, 3.8) is 0 Å². The van der Waals surface area contributed by atoms with Gasteiger partial charge in [-0.15, -0.1) is 0 Å². The van der Waals surface area contributed by atoms with E-state index >= 15 is 0 Å². The number of rotatable bonds is 2. The van der Waals surface area contributed by atoms with E-state index in [1.807, 2.05) is 0 Å². The van der Waals surface area contributed by atoms with Crippen LogP contribution in [0.3, 0.4) is 0 Å². The summed E-state index contributed by atoms with van der Waals surface area (Å²) in [4.78, 5) is 24.6. The van der Waals surface area contributed by atoms with Gasteiger partial charge in [-0.1, -0.05) is 28.1 Å². The number of halogens is 1. The summed E-state index contributed by atoms with van der Waals surface area (Å²) in [5.41, 5.74) is 6.60. The predicted molar refractivity (Wildman–Crippen MR) is 71.8 cm³/mol. The average molecular weight is 313 g/mol. The molecule has 1 aromatic carbocycles. The molecule has 1 heterocycles. The average Bonchev–Trinajstić information content (AvgIpc) is 2.59. The van der Waals surface area contributed by atoms with Crippen LogP contribution in [0.5, 0.6) is 0 Å². The number of nitrogens with two attached hydrogens (primary N) is 1. The summed E-state index contributed by atoms with van der Waals surface area (Å²) in [6.07, 6.45) is 0.483. The highest BCUT2D eigenvalue weighted by atomic mass is 79.9. The van der Waals surface area contributed by atoms with Gasteiger partial charge in [-0.25, -0.2) is 4.90 Å². The van der Waals surface area contributed by atoms with E-state index in [1.54, 1.807) is 18.2 Å². The van der Waals surface area contributed by atoms with E-state index in [2.05, 4.69) is 15.9 Å². The molecule has 1 aliphatic rings. The molecule has 0 spiro atoms. The third-order valence-corrected chi connectivity index (χ3v) is 3.23. The molecule has 0 radical (unpaired) electrons. The molecule has 88 valence electrons. The van der Waals surface area contributed by atoms with Gasteiger partial charge in [-0.05, 0) is 18.2 Å². The van der Waals surface area contributed by atoms with Crippen LogP contribution >= 0.6 is 28.1 Å². The van der Waals surface area contributed by atoms with Crippen LogP contribution in [0.15, 0.2) is 22.7 Å². The van der Waals surface area contributed by atoms with Gasteiger partial charge >= 0.3 is 0 Å². The van der Waals surface area contributed by atoms with Crippen LogP contribution in [0, 0.1) is 0 Å². The number of imide groups is 1. The summed E-state index contributed by atoms with van der Waals surface area (Å²) in [6.45, 7) is 0. The van der Waals surface area contributed by atoms with Crippen LogP contribution in [-0.4, -0.2) is 16.8 Å². The molecule has 6 heteroatoms. The van der Waals surface area contributed by atoms with E-state index in [9.17, 15) is 9.59 Å². The normalized spacial score (nSPS) is 15.5. The summed E-state index contributed by atoms with van der Waals surface area (Å²) in [7, 11) is 0. The molecule has 1 saturated heterocycles. The summed E-state index contributed by atoms with van der Waals surface area (Å²) < 4.78 is 0.795. The van der Waals surface area contributed by atoms with Crippen molar-refractivity contribution in [1.82, 2.24) is 0 Å². The van der Waals surface area contributed by atoms with Crippen molar-refractivity contribution in [2.45, 2.75) is 12.8 Å². The largest absolute Gasteiger partial charge is 0.389 e. The number of carbonyl (C=O) groups excluding carboxylic acids is 2. The number of hydrogen-bond donors (Lipinski definition) is 1. The van der Waals surface area contributed by atoms with Gasteiger partial charge in [0.25, 0.3) is 0 Å². The van der Waals surface area contributed by atoms with Crippen molar-refractivity contribution < 1.29 is 9.59 Å². The Morgan fingerprint density at radius 1 is 1.29 bits per heavy atom. The van der Waals surface area contributed by atoms with Gasteiger partial charge in [0.2, 0.25) is 11.8 Å². The molecule has 2 rings (SSSR count). The van der Waals surface area contributed by atoms with Gasteiger partial charge in [0.05, 0.1) is 5.69 Å². The van der Waals surface area contributed by atoms with Crippen molar-refractivity contribution in [3.8, 4) is 0 Å². The lowest BCUT2D eigenvalue weighted by Gasteiger charge is -2.17. The Morgan fingerprint density at radius 2 is 1.88 bits per heavy atom. The SMILES string of the molecule is NC(=S)c1cc(Br)ccc1N1C(=O)CCC1=O. The van der Waals surface area contributed by atoms with E-state index in [1.165, 1.54) is 0 Å². The van der Waals surface area contributed by atoms with Crippen LogP contribution in [0.1, 0.15) is 18.4 Å². The van der Waals surface area contributed by atoms with Gasteiger partial charge in [-0.2, -0.15) is 0 Å². The smallest absolute Gasteiger partial charge is 0.234 e. The van der Waals surface area contributed by atoms with Crippen molar-refractivity contribution in [3.05, 3.63) is 28.2 Å². The third kappa shape index (κ3) is 2.23. The Morgan fingerprint density at radius 3 is 2.41 bits per heavy atom. The minimum atomic E-state index is -0.213. The molecule has 0 bridgehead atoms. The molecule has 1 fully saturated rings. The molecule has 1 aliphatic heterocycles. The zero-order chi connectivity index (χ0) is 12.6. The molecular weight excluding hydrogens is 304 g/mol. The highest BCUT2D eigenvalue weighted by Crippen LogP contribution is 2.28. The van der Waals surface area contributed by atoms with Crippen LogP contribution in [0.4, 0.5) is 5.69 Å². The molecule has 17 heavy (non-hydrogen) atoms. The fourth-order valence-corrected chi connectivity index (χ4v) is 2.27. The lowest BCUT2D eigenvalue weighted by atomic mass is 10.1. The number of thiocarbonyl (C=S) groups is 1. The Labute approximate surface area is 112 Å². The summed E-state index contributed by atoms with van der Waals surface area (Å²) in [5.74, 6) is -0.426. The standard InChI is InChI=1S/C11H9BrN2O2S/c12-6-1-2-8(7(5-6)11(13)17)14-9(15)3-4-10(14)16/h1-2,5H,3-4H2,(H2,13,17). The first-order chi connectivity index (χ1) is 8.00. The van der Waals surface area contributed by atoms with Gasteiger partial charge in [0, 0.05) is 22.9 Å². The first kappa shape index (κ1) is 12.2. The topological polar surface area (TPSA) is 63.4 Å². The highest BCUT2D eigenvalue weighted by Gasteiger charge is 2.32. The third-order valence-electron chi connectivity index (χ3n) is 2.52. The van der Waals surface area contributed by atoms with Crippen molar-refractivity contribution in [2.75, 3.05) is 4.90 Å². The first-order valence-corrected chi connectivity index (χ1v) is 6.16. The second-order valence-electron chi connectivity index (χ2n) is 3.65. The Balaban J connectivity index is 2.55. The maximum atomic E-state index is 11.7. The number of benzene rings is 1. The molecule has 2 N–H and O–H groups in total. The first-order valence-electron chi connectivity index (χ1n) is 4.96. The maximum absolute atomic E-state index is 11.7. The van der Waals surface area contributed by atoms with Crippen molar-refractivity contribution >= 4 is 50.6 Å². The summed E-state index contributed by atoms with van der Waals surface area (Å²) in [5, 5.41) is 0. The zero-order valence-electron chi connectivity index (χ0n) is 8.77. The van der Waals surface area contributed by atoms with Gasteiger partial charge in [0.1, 0.15) is 4.99 Å². The fourth-order valence-electron chi connectivity index (χ4n) is 1.75. The fraction of sp³-hybridized carbons (Fsp3) is 0.182.